The Bertz CT molecular complexity index is 787. The molecule has 0 unspecified atom stereocenters. The van der Waals surface area contributed by atoms with Crippen molar-refractivity contribution in [2.45, 2.75) is 38.0 Å². The van der Waals surface area contributed by atoms with Gasteiger partial charge in [0.25, 0.3) is 0 Å². The van der Waals surface area contributed by atoms with Gasteiger partial charge in [0.1, 0.15) is 0 Å². The van der Waals surface area contributed by atoms with Gasteiger partial charge in [-0.3, -0.25) is 4.79 Å². The first kappa shape index (κ1) is 22.0. The highest BCUT2D eigenvalue weighted by Crippen LogP contribution is 2.35. The number of carbonyl (C=O) groups is 2. The van der Waals surface area contributed by atoms with Gasteiger partial charge in [0.2, 0.25) is 0 Å². The van der Waals surface area contributed by atoms with Gasteiger partial charge in [-0.25, -0.2) is 4.79 Å². The number of nitrogens with zero attached hydrogens (tertiary/aromatic N) is 2. The summed E-state index contributed by atoms with van der Waals surface area (Å²) in [4.78, 5) is 26.8. The van der Waals surface area contributed by atoms with Crippen LogP contribution in [0.1, 0.15) is 24.0 Å². The Kier molecular flexibility index (Phi) is 7.97. The number of carboxylic acid groups (broad SMARTS) is 1. The van der Waals surface area contributed by atoms with Crippen LogP contribution >= 0.6 is 11.8 Å². The third kappa shape index (κ3) is 5.66. The van der Waals surface area contributed by atoms with Crippen molar-refractivity contribution < 1.29 is 14.7 Å². The molecule has 30 heavy (non-hydrogen) atoms. The number of thioether (sulfide) groups is 1. The Labute approximate surface area is 182 Å². The maximum absolute atomic E-state index is 13.0. The normalized spacial score (nSPS) is 19.8. The van der Waals surface area contributed by atoms with E-state index in [4.69, 9.17) is 5.11 Å². The molecule has 0 bridgehead atoms. The molecule has 2 aliphatic heterocycles. The summed E-state index contributed by atoms with van der Waals surface area (Å²) in [6.07, 6.45) is 2.35. The third-order valence-electron chi connectivity index (χ3n) is 5.27. The van der Waals surface area contributed by atoms with Gasteiger partial charge >= 0.3 is 12.0 Å². The minimum absolute atomic E-state index is 0.188. The second-order valence-corrected chi connectivity index (χ2v) is 8.48. The van der Waals surface area contributed by atoms with Crippen molar-refractivity contribution in [2.24, 2.45) is 0 Å². The molecule has 5 nitrogen and oxygen atoms in total. The van der Waals surface area contributed by atoms with E-state index in [2.05, 4.69) is 40.6 Å². The van der Waals surface area contributed by atoms with Crippen LogP contribution in [0.15, 0.2) is 73.3 Å². The summed E-state index contributed by atoms with van der Waals surface area (Å²) in [6, 6.07) is 21.5. The van der Waals surface area contributed by atoms with Crippen molar-refractivity contribution in [3.05, 3.63) is 84.4 Å². The standard InChI is InChI=1S/C19H20N2OS.C5H8O2/c22-19-20(11-15-7-3-1-4-8-15)17-13-23-14-18(17)21(19)12-16-9-5-2-6-10-16;1-2-3-4-5(6)7/h1-10,17-18H,11-14H2;2H,1,3-4H2,(H,6,7)/t17-,18+;. The Morgan fingerprint density at radius 2 is 1.43 bits per heavy atom. The van der Waals surface area contributed by atoms with Gasteiger partial charge in [-0.1, -0.05) is 66.7 Å². The van der Waals surface area contributed by atoms with Gasteiger partial charge < -0.3 is 14.9 Å². The first-order valence-electron chi connectivity index (χ1n) is 10.2. The number of fused-ring (bicyclic) bond motifs is 1. The molecular weight excluding hydrogens is 396 g/mol. The lowest BCUT2D eigenvalue weighted by atomic mass is 10.1. The number of benzene rings is 2. The molecule has 2 aliphatic rings. The first-order chi connectivity index (χ1) is 14.6. The lowest BCUT2D eigenvalue weighted by Gasteiger charge is -2.22. The molecule has 0 aromatic heterocycles. The van der Waals surface area contributed by atoms with Crippen molar-refractivity contribution in [3.8, 4) is 0 Å². The molecular formula is C24H28N2O3S. The summed E-state index contributed by atoms with van der Waals surface area (Å²) in [5, 5.41) is 8.00. The molecule has 1 N–H and O–H groups in total. The van der Waals surface area contributed by atoms with Crippen molar-refractivity contribution in [3.63, 3.8) is 0 Å². The highest BCUT2D eigenvalue weighted by molar-refractivity contribution is 7.99. The van der Waals surface area contributed by atoms with E-state index in [0.717, 1.165) is 11.5 Å². The van der Waals surface area contributed by atoms with Crippen LogP contribution in [0, 0.1) is 0 Å². The van der Waals surface area contributed by atoms with Crippen LogP contribution in [0.4, 0.5) is 4.79 Å². The lowest BCUT2D eigenvalue weighted by molar-refractivity contribution is -0.136. The van der Waals surface area contributed by atoms with Gasteiger partial charge in [-0.05, 0) is 17.5 Å². The van der Waals surface area contributed by atoms with Crippen LogP contribution in [0.5, 0.6) is 0 Å². The van der Waals surface area contributed by atoms with Crippen LogP contribution in [0.3, 0.4) is 0 Å². The number of urea groups is 1. The number of allylic oxidation sites excluding steroid dienone is 1. The Hall–Kier alpha value is -2.73. The van der Waals surface area contributed by atoms with E-state index >= 15 is 0 Å². The van der Waals surface area contributed by atoms with E-state index in [1.165, 1.54) is 11.1 Å². The van der Waals surface area contributed by atoms with E-state index in [-0.39, 0.29) is 12.5 Å². The second-order valence-electron chi connectivity index (χ2n) is 7.40. The summed E-state index contributed by atoms with van der Waals surface area (Å²) in [7, 11) is 0. The predicted molar refractivity (Wildman–Crippen MR) is 121 cm³/mol. The zero-order valence-electron chi connectivity index (χ0n) is 17.0. The molecule has 2 atom stereocenters. The van der Waals surface area contributed by atoms with E-state index in [0.29, 0.717) is 31.6 Å². The van der Waals surface area contributed by atoms with Crippen molar-refractivity contribution in [1.82, 2.24) is 9.80 Å². The number of hydrogen-bond donors (Lipinski definition) is 1. The SMILES string of the molecule is C=CCCC(=O)O.O=C1N(Cc2ccccc2)[C@@H]2CSC[C@@H]2N1Cc1ccccc1. The first-order valence-corrected chi connectivity index (χ1v) is 11.3. The van der Waals surface area contributed by atoms with Crippen LogP contribution in [0.2, 0.25) is 0 Å². The Balaban J connectivity index is 0.000000318. The second kappa shape index (κ2) is 10.9. The molecule has 6 heteroatoms. The molecule has 0 spiro atoms. The van der Waals surface area contributed by atoms with E-state index in [1.807, 2.05) is 48.2 Å². The molecule has 2 amide bonds. The highest BCUT2D eigenvalue weighted by atomic mass is 32.2. The number of hydrogen-bond acceptors (Lipinski definition) is 3. The largest absolute Gasteiger partial charge is 0.481 e. The molecule has 0 saturated carbocycles. The fraction of sp³-hybridized carbons (Fsp3) is 0.333. The maximum Gasteiger partial charge on any atom is 0.321 e. The fourth-order valence-corrected chi connectivity index (χ4v) is 5.15. The van der Waals surface area contributed by atoms with E-state index in [1.54, 1.807) is 6.08 Å². The fourth-order valence-electron chi connectivity index (χ4n) is 3.73. The molecule has 2 saturated heterocycles. The molecule has 2 aromatic carbocycles. The molecule has 2 heterocycles. The monoisotopic (exact) mass is 424 g/mol. The molecule has 4 rings (SSSR count). The average molecular weight is 425 g/mol. The zero-order chi connectivity index (χ0) is 21.3. The van der Waals surface area contributed by atoms with Crippen molar-refractivity contribution in [1.29, 1.82) is 0 Å². The highest BCUT2D eigenvalue weighted by Gasteiger charge is 2.48. The van der Waals surface area contributed by atoms with Crippen LogP contribution in [-0.4, -0.2) is 50.5 Å². The van der Waals surface area contributed by atoms with Gasteiger partial charge in [-0.15, -0.1) is 6.58 Å². The Morgan fingerprint density at radius 1 is 0.967 bits per heavy atom. The number of carboxylic acids is 1. The quantitative estimate of drug-likeness (QED) is 0.519. The summed E-state index contributed by atoms with van der Waals surface area (Å²) >= 11 is 1.96. The molecule has 2 fully saturated rings. The number of carbonyl (C=O) groups excluding carboxylic acids is 1. The molecule has 2 aromatic rings. The zero-order valence-corrected chi connectivity index (χ0v) is 17.8. The van der Waals surface area contributed by atoms with E-state index < -0.39 is 5.97 Å². The van der Waals surface area contributed by atoms with Gasteiger partial charge in [0.15, 0.2) is 0 Å². The minimum Gasteiger partial charge on any atom is -0.481 e. The molecule has 0 radical (unpaired) electrons. The smallest absolute Gasteiger partial charge is 0.321 e. The molecule has 158 valence electrons. The van der Waals surface area contributed by atoms with Crippen LogP contribution in [-0.2, 0) is 17.9 Å². The number of rotatable bonds is 7. The van der Waals surface area contributed by atoms with Crippen molar-refractivity contribution in [2.75, 3.05) is 11.5 Å². The summed E-state index contributed by atoms with van der Waals surface area (Å²) in [6.45, 7) is 4.80. The maximum atomic E-state index is 13.0. The van der Waals surface area contributed by atoms with Crippen molar-refractivity contribution >= 4 is 23.8 Å². The topological polar surface area (TPSA) is 60.9 Å². The third-order valence-corrected chi connectivity index (χ3v) is 6.42. The van der Waals surface area contributed by atoms with Gasteiger partial charge in [0.05, 0.1) is 12.1 Å². The Morgan fingerprint density at radius 3 is 1.80 bits per heavy atom. The van der Waals surface area contributed by atoms with Gasteiger partial charge in [0, 0.05) is 31.0 Å². The average Bonchev–Trinajstić information content (AvgIpc) is 3.33. The van der Waals surface area contributed by atoms with E-state index in [9.17, 15) is 9.59 Å². The number of amides is 2. The van der Waals surface area contributed by atoms with Crippen LogP contribution in [0.25, 0.3) is 0 Å². The summed E-state index contributed by atoms with van der Waals surface area (Å²) in [5.41, 5.74) is 2.41. The van der Waals surface area contributed by atoms with Crippen LogP contribution < -0.4 is 0 Å². The lowest BCUT2D eigenvalue weighted by Crippen LogP contribution is -2.35. The summed E-state index contributed by atoms with van der Waals surface area (Å²) < 4.78 is 0. The number of aliphatic carboxylic acids is 1. The van der Waals surface area contributed by atoms with Gasteiger partial charge in [-0.2, -0.15) is 11.8 Å². The predicted octanol–water partition coefficient (Wildman–Crippen LogP) is 4.65. The summed E-state index contributed by atoms with van der Waals surface area (Å²) in [5.74, 6) is 1.34. The minimum atomic E-state index is -0.764. The molecule has 0 aliphatic carbocycles.